The first-order valence-corrected chi connectivity index (χ1v) is 12.4. The van der Waals surface area contributed by atoms with Crippen molar-refractivity contribution in [1.82, 2.24) is 0 Å². The Bertz CT molecular complexity index is 1150. The van der Waals surface area contributed by atoms with E-state index in [1.165, 1.54) is 35.7 Å². The predicted molar refractivity (Wildman–Crippen MR) is 143 cm³/mol. The average Bonchev–Trinajstić information content (AvgIpc) is 3.11. The summed E-state index contributed by atoms with van der Waals surface area (Å²) in [4.78, 5) is 15.3. The Balaban J connectivity index is 1.41. The molecule has 0 spiro atoms. The van der Waals surface area contributed by atoms with Gasteiger partial charge in [-0.1, -0.05) is 91.4 Å². The largest absolute Gasteiger partial charge is 0.489 e. The molecule has 3 aromatic carbocycles. The van der Waals surface area contributed by atoms with Gasteiger partial charge in [0.1, 0.15) is 12.4 Å². The fourth-order valence-electron chi connectivity index (χ4n) is 3.55. The van der Waals surface area contributed by atoms with Gasteiger partial charge >= 0.3 is 0 Å². The van der Waals surface area contributed by atoms with E-state index < -0.39 is 0 Å². The molecular weight excluding hydrogens is 446 g/mol. The molecule has 4 rings (SSSR count). The van der Waals surface area contributed by atoms with Crippen LogP contribution in [0.15, 0.2) is 77.7 Å². The number of amides is 1. The number of ether oxygens (including phenoxy) is 1. The van der Waals surface area contributed by atoms with E-state index in [2.05, 4.69) is 50.2 Å². The Morgan fingerprint density at radius 2 is 1.61 bits per heavy atom. The van der Waals surface area contributed by atoms with Crippen LogP contribution in [0.4, 0.5) is 5.69 Å². The summed E-state index contributed by atoms with van der Waals surface area (Å²) in [6, 6.07) is 24.2. The quantitative estimate of drug-likeness (QED) is 0.253. The lowest BCUT2D eigenvalue weighted by atomic mass is 10.1. The minimum atomic E-state index is -0.0778. The molecule has 5 heteroatoms. The molecular formula is C28H27NO2S2. The molecule has 1 aliphatic heterocycles. The standard InChI is InChI=1S/C28H27NO2S2/c1-3-4-5-21-10-14-24(15-11-21)29-27(30)26(33-28(29)32)18-22-12-16-25(17-13-22)31-19-23-8-6-20(2)7-9-23/h6-18H,3-5,19H2,1-2H3. The Morgan fingerprint density at radius 1 is 0.939 bits per heavy atom. The summed E-state index contributed by atoms with van der Waals surface area (Å²) in [6.07, 6.45) is 5.28. The maximum absolute atomic E-state index is 13.1. The van der Waals surface area contributed by atoms with Crippen molar-refractivity contribution in [2.45, 2.75) is 39.7 Å². The second-order valence-electron chi connectivity index (χ2n) is 8.13. The van der Waals surface area contributed by atoms with Crippen LogP contribution in [0.25, 0.3) is 6.08 Å². The second-order valence-corrected chi connectivity index (χ2v) is 9.81. The molecule has 168 valence electrons. The molecule has 1 aliphatic rings. The molecule has 0 atom stereocenters. The first-order chi connectivity index (χ1) is 16.0. The number of hydrogen-bond donors (Lipinski definition) is 0. The Labute approximate surface area is 205 Å². The second kappa shape index (κ2) is 10.8. The Morgan fingerprint density at radius 3 is 2.27 bits per heavy atom. The molecule has 0 aromatic heterocycles. The van der Waals surface area contributed by atoms with Crippen LogP contribution in [0.3, 0.4) is 0 Å². The van der Waals surface area contributed by atoms with Gasteiger partial charge in [0.15, 0.2) is 4.32 Å². The van der Waals surface area contributed by atoms with Crippen LogP contribution in [-0.2, 0) is 17.8 Å². The van der Waals surface area contributed by atoms with Gasteiger partial charge in [-0.15, -0.1) is 0 Å². The summed E-state index contributed by atoms with van der Waals surface area (Å²) in [5.74, 6) is 0.717. The molecule has 0 N–H and O–H groups in total. The van der Waals surface area contributed by atoms with E-state index in [0.717, 1.165) is 29.0 Å². The third-order valence-corrected chi connectivity index (χ3v) is 6.81. The van der Waals surface area contributed by atoms with Gasteiger partial charge in [-0.2, -0.15) is 0 Å². The van der Waals surface area contributed by atoms with Crippen molar-refractivity contribution in [2.24, 2.45) is 0 Å². The lowest BCUT2D eigenvalue weighted by Crippen LogP contribution is -2.27. The van der Waals surface area contributed by atoms with Crippen LogP contribution < -0.4 is 9.64 Å². The highest BCUT2D eigenvalue weighted by atomic mass is 32.2. The third kappa shape index (κ3) is 5.92. The molecule has 0 saturated carbocycles. The first-order valence-electron chi connectivity index (χ1n) is 11.2. The molecule has 0 unspecified atom stereocenters. The maximum Gasteiger partial charge on any atom is 0.270 e. The van der Waals surface area contributed by atoms with Crippen molar-refractivity contribution >= 4 is 46.0 Å². The van der Waals surface area contributed by atoms with Gasteiger partial charge < -0.3 is 4.74 Å². The zero-order chi connectivity index (χ0) is 23.2. The summed E-state index contributed by atoms with van der Waals surface area (Å²) in [5.41, 5.74) is 5.41. The van der Waals surface area contributed by atoms with E-state index >= 15 is 0 Å². The molecule has 0 aliphatic carbocycles. The van der Waals surface area contributed by atoms with E-state index in [1.54, 1.807) is 4.90 Å². The molecule has 3 nitrogen and oxygen atoms in total. The number of hydrogen-bond acceptors (Lipinski definition) is 4. The number of carbonyl (C=O) groups is 1. The van der Waals surface area contributed by atoms with Crippen LogP contribution in [0.5, 0.6) is 5.75 Å². The smallest absolute Gasteiger partial charge is 0.270 e. The van der Waals surface area contributed by atoms with E-state index in [-0.39, 0.29) is 5.91 Å². The summed E-state index contributed by atoms with van der Waals surface area (Å²) in [6.45, 7) is 4.78. The summed E-state index contributed by atoms with van der Waals surface area (Å²) in [5, 5.41) is 0. The van der Waals surface area contributed by atoms with E-state index in [9.17, 15) is 4.79 Å². The van der Waals surface area contributed by atoms with Crippen LogP contribution >= 0.6 is 24.0 Å². The fourth-order valence-corrected chi connectivity index (χ4v) is 4.84. The molecule has 3 aromatic rings. The molecule has 0 radical (unpaired) electrons. The summed E-state index contributed by atoms with van der Waals surface area (Å²) in [7, 11) is 0. The zero-order valence-electron chi connectivity index (χ0n) is 18.9. The summed E-state index contributed by atoms with van der Waals surface area (Å²) < 4.78 is 6.44. The molecule has 33 heavy (non-hydrogen) atoms. The van der Waals surface area contributed by atoms with Crippen molar-refractivity contribution < 1.29 is 9.53 Å². The van der Waals surface area contributed by atoms with Crippen molar-refractivity contribution in [1.29, 1.82) is 0 Å². The van der Waals surface area contributed by atoms with Gasteiger partial charge in [0.05, 0.1) is 10.6 Å². The number of thiocarbonyl (C=S) groups is 1. The number of thioether (sulfide) groups is 1. The highest BCUT2D eigenvalue weighted by Crippen LogP contribution is 2.36. The SMILES string of the molecule is CCCCc1ccc(N2C(=O)C(=Cc3ccc(OCc4ccc(C)cc4)cc3)SC2=S)cc1. The topological polar surface area (TPSA) is 29.5 Å². The third-order valence-electron chi connectivity index (χ3n) is 5.51. The van der Waals surface area contributed by atoms with E-state index in [0.29, 0.717) is 15.8 Å². The van der Waals surface area contributed by atoms with E-state index in [4.69, 9.17) is 17.0 Å². The van der Waals surface area contributed by atoms with Crippen molar-refractivity contribution in [3.63, 3.8) is 0 Å². The number of anilines is 1. The number of nitrogens with zero attached hydrogens (tertiary/aromatic N) is 1. The lowest BCUT2D eigenvalue weighted by molar-refractivity contribution is -0.113. The van der Waals surface area contributed by atoms with Gasteiger partial charge in [0.25, 0.3) is 5.91 Å². The van der Waals surface area contributed by atoms with Crippen LogP contribution in [-0.4, -0.2) is 10.2 Å². The number of carbonyl (C=O) groups excluding carboxylic acids is 1. The minimum absolute atomic E-state index is 0.0778. The molecule has 1 amide bonds. The molecule has 1 saturated heterocycles. The summed E-state index contributed by atoms with van der Waals surface area (Å²) >= 11 is 6.85. The maximum atomic E-state index is 13.1. The monoisotopic (exact) mass is 473 g/mol. The lowest BCUT2D eigenvalue weighted by Gasteiger charge is -2.15. The Hall–Kier alpha value is -2.89. The Kier molecular flexibility index (Phi) is 7.63. The fraction of sp³-hybridized carbons (Fsp3) is 0.214. The normalized spacial score (nSPS) is 14.8. The van der Waals surface area contributed by atoms with Gasteiger partial charge in [-0.05, 0) is 66.8 Å². The van der Waals surface area contributed by atoms with Crippen LogP contribution in [0.1, 0.15) is 42.0 Å². The highest BCUT2D eigenvalue weighted by molar-refractivity contribution is 8.27. The number of rotatable bonds is 8. The van der Waals surface area contributed by atoms with Crippen LogP contribution in [0.2, 0.25) is 0 Å². The van der Waals surface area contributed by atoms with Crippen molar-refractivity contribution in [3.8, 4) is 5.75 Å². The zero-order valence-corrected chi connectivity index (χ0v) is 20.5. The van der Waals surface area contributed by atoms with Gasteiger partial charge in [0, 0.05) is 0 Å². The van der Waals surface area contributed by atoms with Gasteiger partial charge in [-0.3, -0.25) is 9.69 Å². The van der Waals surface area contributed by atoms with Crippen molar-refractivity contribution in [3.05, 3.63) is 100.0 Å². The minimum Gasteiger partial charge on any atom is -0.489 e. The van der Waals surface area contributed by atoms with E-state index in [1.807, 2.05) is 42.5 Å². The molecule has 1 heterocycles. The molecule has 1 fully saturated rings. The van der Waals surface area contributed by atoms with Gasteiger partial charge in [-0.25, -0.2) is 0 Å². The first kappa shape index (κ1) is 23.3. The number of unbranched alkanes of at least 4 members (excludes halogenated alkanes) is 1. The predicted octanol–water partition coefficient (Wildman–Crippen LogP) is 7.32. The average molecular weight is 474 g/mol. The number of benzene rings is 3. The van der Waals surface area contributed by atoms with Crippen molar-refractivity contribution in [2.75, 3.05) is 4.90 Å². The number of aryl methyl sites for hydroxylation is 2. The molecule has 0 bridgehead atoms. The van der Waals surface area contributed by atoms with Crippen LogP contribution in [0, 0.1) is 6.92 Å². The highest BCUT2D eigenvalue weighted by Gasteiger charge is 2.33. The van der Waals surface area contributed by atoms with Gasteiger partial charge in [0.2, 0.25) is 0 Å².